The molecular weight excluding hydrogens is 160 g/mol. The lowest BCUT2D eigenvalue weighted by molar-refractivity contribution is 0.398. The fourth-order valence-electron chi connectivity index (χ4n) is 0.825. The van der Waals surface area contributed by atoms with Gasteiger partial charge in [0.25, 0.3) is 0 Å². The topological polar surface area (TPSA) is 16.1 Å². The first-order chi connectivity index (χ1) is 6.33. The molecule has 0 bridgehead atoms. The molecule has 0 radical (unpaired) electrons. The van der Waals surface area contributed by atoms with Crippen LogP contribution in [0.3, 0.4) is 0 Å². The summed E-state index contributed by atoms with van der Waals surface area (Å²) < 4.78 is 0. The van der Waals surface area contributed by atoms with Gasteiger partial charge in [0.15, 0.2) is 0 Å². The molecule has 13 heavy (non-hydrogen) atoms. The van der Waals surface area contributed by atoms with Gasteiger partial charge in [-0.2, -0.15) is 0 Å². The average molecular weight is 174 g/mol. The van der Waals surface area contributed by atoms with Gasteiger partial charge in [-0.1, -0.05) is 18.8 Å². The van der Waals surface area contributed by atoms with E-state index in [-0.39, 0.29) is 0 Å². The highest BCUT2D eigenvalue weighted by atomic mass is 15.1. The number of nitrogens with zero attached hydrogens (tertiary/aromatic N) is 2. The van der Waals surface area contributed by atoms with Crippen LogP contribution < -0.4 is 0 Å². The Kier molecular flexibility index (Phi) is 4.01. The molecule has 0 saturated heterocycles. The van der Waals surface area contributed by atoms with Crippen LogP contribution in [0.25, 0.3) is 0 Å². The maximum absolute atomic E-state index is 3.99. The van der Waals surface area contributed by atoms with Crippen molar-refractivity contribution in [1.29, 1.82) is 0 Å². The van der Waals surface area contributed by atoms with E-state index in [0.29, 0.717) is 0 Å². The third-order valence-electron chi connectivity index (χ3n) is 1.78. The van der Waals surface area contributed by atoms with Crippen LogP contribution in [0.15, 0.2) is 24.5 Å². The minimum Gasteiger partial charge on any atom is -0.296 e. The second-order valence-electron chi connectivity index (χ2n) is 2.87. The molecule has 0 aromatic carbocycles. The van der Waals surface area contributed by atoms with Gasteiger partial charge in [0.2, 0.25) is 0 Å². The van der Waals surface area contributed by atoms with E-state index in [2.05, 4.69) is 35.7 Å². The van der Waals surface area contributed by atoms with Crippen LogP contribution in [-0.4, -0.2) is 30.0 Å². The Morgan fingerprint density at radius 2 is 2.38 bits per heavy atom. The predicted molar refractivity (Wildman–Crippen MR) is 54.3 cm³/mol. The standard InChI is InChI=1S/C11H14N2/c1-3-13(2)9-5-7-11-6-4-8-12-10-11/h4,6,8,10H,3,9H2,1-2H3. The van der Waals surface area contributed by atoms with Gasteiger partial charge in [-0.05, 0) is 25.7 Å². The van der Waals surface area contributed by atoms with Gasteiger partial charge in [0.1, 0.15) is 0 Å². The Bertz CT molecular complexity index is 295. The molecule has 1 heterocycles. The third-order valence-corrected chi connectivity index (χ3v) is 1.78. The molecule has 0 aliphatic heterocycles. The Balaban J connectivity index is 2.49. The van der Waals surface area contributed by atoms with Crippen molar-refractivity contribution in [2.45, 2.75) is 6.92 Å². The highest BCUT2D eigenvalue weighted by molar-refractivity contribution is 5.31. The Morgan fingerprint density at radius 3 is 3.00 bits per heavy atom. The first-order valence-electron chi connectivity index (χ1n) is 4.40. The number of hydrogen-bond donors (Lipinski definition) is 0. The molecule has 0 N–H and O–H groups in total. The summed E-state index contributed by atoms with van der Waals surface area (Å²) in [4.78, 5) is 6.14. The van der Waals surface area contributed by atoms with Crippen molar-refractivity contribution >= 4 is 0 Å². The van der Waals surface area contributed by atoms with E-state index in [1.54, 1.807) is 12.4 Å². The zero-order valence-corrected chi connectivity index (χ0v) is 8.12. The summed E-state index contributed by atoms with van der Waals surface area (Å²) in [6.45, 7) is 3.96. The maximum Gasteiger partial charge on any atom is 0.0602 e. The van der Waals surface area contributed by atoms with Gasteiger partial charge in [-0.15, -0.1) is 0 Å². The molecule has 68 valence electrons. The molecule has 0 spiro atoms. The molecule has 1 aromatic rings. The highest BCUT2D eigenvalue weighted by Crippen LogP contribution is 1.91. The van der Waals surface area contributed by atoms with Crippen molar-refractivity contribution in [3.05, 3.63) is 30.1 Å². The molecule has 2 heteroatoms. The summed E-state index contributed by atoms with van der Waals surface area (Å²) in [6, 6.07) is 3.86. The molecule has 0 aliphatic rings. The summed E-state index contributed by atoms with van der Waals surface area (Å²) in [5, 5.41) is 0. The van der Waals surface area contributed by atoms with Crippen molar-refractivity contribution in [2.24, 2.45) is 0 Å². The summed E-state index contributed by atoms with van der Waals surface area (Å²) in [7, 11) is 2.05. The van der Waals surface area contributed by atoms with Crippen LogP contribution in [0.4, 0.5) is 0 Å². The van der Waals surface area contributed by atoms with Gasteiger partial charge < -0.3 is 0 Å². The third kappa shape index (κ3) is 3.73. The van der Waals surface area contributed by atoms with Crippen molar-refractivity contribution in [2.75, 3.05) is 20.1 Å². The van der Waals surface area contributed by atoms with Crippen molar-refractivity contribution in [3.63, 3.8) is 0 Å². The fraction of sp³-hybridized carbons (Fsp3) is 0.364. The summed E-state index contributed by atoms with van der Waals surface area (Å²) in [5.74, 6) is 6.14. The zero-order valence-electron chi connectivity index (χ0n) is 8.12. The van der Waals surface area contributed by atoms with E-state index in [1.807, 2.05) is 12.1 Å². The zero-order chi connectivity index (χ0) is 9.52. The smallest absolute Gasteiger partial charge is 0.0602 e. The maximum atomic E-state index is 3.99. The van der Waals surface area contributed by atoms with Gasteiger partial charge in [0, 0.05) is 18.0 Å². The minimum absolute atomic E-state index is 0.811. The van der Waals surface area contributed by atoms with Crippen LogP contribution in [0.5, 0.6) is 0 Å². The van der Waals surface area contributed by atoms with Crippen molar-refractivity contribution in [3.8, 4) is 11.8 Å². The molecule has 0 unspecified atom stereocenters. The molecule has 2 nitrogen and oxygen atoms in total. The molecule has 0 saturated carbocycles. The lowest BCUT2D eigenvalue weighted by atomic mass is 10.3. The van der Waals surface area contributed by atoms with Crippen molar-refractivity contribution < 1.29 is 0 Å². The van der Waals surface area contributed by atoms with Gasteiger partial charge >= 0.3 is 0 Å². The fourth-order valence-corrected chi connectivity index (χ4v) is 0.825. The van der Waals surface area contributed by atoms with E-state index in [4.69, 9.17) is 0 Å². The van der Waals surface area contributed by atoms with Crippen LogP contribution in [0.1, 0.15) is 12.5 Å². The van der Waals surface area contributed by atoms with E-state index in [0.717, 1.165) is 18.7 Å². The molecule has 1 rings (SSSR count). The minimum atomic E-state index is 0.811. The second-order valence-corrected chi connectivity index (χ2v) is 2.87. The van der Waals surface area contributed by atoms with E-state index in [9.17, 15) is 0 Å². The molecule has 0 amide bonds. The molecule has 0 atom stereocenters. The van der Waals surface area contributed by atoms with E-state index < -0.39 is 0 Å². The number of hydrogen-bond acceptors (Lipinski definition) is 2. The molecule has 1 aromatic heterocycles. The average Bonchev–Trinajstić information content (AvgIpc) is 2.19. The van der Waals surface area contributed by atoms with Crippen molar-refractivity contribution in [1.82, 2.24) is 9.88 Å². The molecule has 0 fully saturated rings. The van der Waals surface area contributed by atoms with Gasteiger partial charge in [-0.3, -0.25) is 9.88 Å². The van der Waals surface area contributed by atoms with E-state index >= 15 is 0 Å². The first kappa shape index (κ1) is 9.76. The first-order valence-corrected chi connectivity index (χ1v) is 4.40. The highest BCUT2D eigenvalue weighted by Gasteiger charge is 1.87. The van der Waals surface area contributed by atoms with Crippen LogP contribution in [-0.2, 0) is 0 Å². The predicted octanol–water partition coefficient (Wildman–Crippen LogP) is 1.38. The lowest BCUT2D eigenvalue weighted by Crippen LogP contribution is -2.17. The van der Waals surface area contributed by atoms with Gasteiger partial charge in [0.05, 0.1) is 6.54 Å². The van der Waals surface area contributed by atoms with Crippen LogP contribution >= 0.6 is 0 Å². The summed E-state index contributed by atoms with van der Waals surface area (Å²) in [6.07, 6.45) is 3.53. The second kappa shape index (κ2) is 5.34. The normalized spacial score (nSPS) is 9.46. The number of rotatable bonds is 2. The van der Waals surface area contributed by atoms with Gasteiger partial charge in [-0.25, -0.2) is 0 Å². The Hall–Kier alpha value is -1.33. The lowest BCUT2D eigenvalue weighted by Gasteiger charge is -2.07. The summed E-state index contributed by atoms with van der Waals surface area (Å²) >= 11 is 0. The monoisotopic (exact) mass is 174 g/mol. The number of pyridine rings is 1. The number of aromatic nitrogens is 1. The largest absolute Gasteiger partial charge is 0.296 e. The van der Waals surface area contributed by atoms with Crippen LogP contribution in [0, 0.1) is 11.8 Å². The SMILES string of the molecule is CCN(C)CC#Cc1cccnc1. The molecular formula is C11H14N2. The Morgan fingerprint density at radius 1 is 1.54 bits per heavy atom. The quantitative estimate of drug-likeness (QED) is 0.630. The van der Waals surface area contributed by atoms with Crippen LogP contribution in [0.2, 0.25) is 0 Å². The molecule has 0 aliphatic carbocycles. The Labute approximate surface area is 79.6 Å². The summed E-state index contributed by atoms with van der Waals surface area (Å²) in [5.41, 5.74) is 0.979. The van der Waals surface area contributed by atoms with E-state index in [1.165, 1.54) is 0 Å².